The van der Waals surface area contributed by atoms with E-state index in [1.807, 2.05) is 12.1 Å². The van der Waals surface area contributed by atoms with Crippen LogP contribution in [0.4, 0.5) is 5.69 Å². The van der Waals surface area contributed by atoms with E-state index in [1.165, 1.54) is 25.5 Å². The van der Waals surface area contributed by atoms with E-state index in [0.717, 1.165) is 30.6 Å². The first kappa shape index (κ1) is 12.0. The SMILES string of the molecule is CS(=O)(=O)c1ccc(N2CC3CCCC3C2)cc1. The molecule has 4 heteroatoms. The van der Waals surface area contributed by atoms with Crippen molar-refractivity contribution >= 4 is 15.5 Å². The first-order valence-corrected chi connectivity index (χ1v) is 8.48. The van der Waals surface area contributed by atoms with Gasteiger partial charge in [0.1, 0.15) is 0 Å². The molecule has 1 saturated heterocycles. The zero-order chi connectivity index (χ0) is 12.8. The Hall–Kier alpha value is -1.03. The van der Waals surface area contributed by atoms with E-state index in [0.29, 0.717) is 4.90 Å². The molecule has 1 heterocycles. The Kier molecular flexibility index (Phi) is 2.85. The van der Waals surface area contributed by atoms with Crippen LogP contribution in [0.5, 0.6) is 0 Å². The van der Waals surface area contributed by atoms with E-state index >= 15 is 0 Å². The summed E-state index contributed by atoms with van der Waals surface area (Å²) in [6, 6.07) is 7.33. The minimum Gasteiger partial charge on any atom is -0.371 e. The third-order valence-electron chi connectivity index (χ3n) is 4.36. The Balaban J connectivity index is 1.78. The number of sulfone groups is 1. The topological polar surface area (TPSA) is 37.4 Å². The highest BCUT2D eigenvalue weighted by Gasteiger charge is 2.35. The smallest absolute Gasteiger partial charge is 0.175 e. The van der Waals surface area contributed by atoms with Gasteiger partial charge in [0.15, 0.2) is 9.84 Å². The van der Waals surface area contributed by atoms with Crippen LogP contribution in [0.25, 0.3) is 0 Å². The van der Waals surface area contributed by atoms with Gasteiger partial charge in [-0.1, -0.05) is 6.42 Å². The van der Waals surface area contributed by atoms with Crippen LogP contribution in [0.2, 0.25) is 0 Å². The minimum absolute atomic E-state index is 0.408. The highest BCUT2D eigenvalue weighted by molar-refractivity contribution is 7.90. The summed E-state index contributed by atoms with van der Waals surface area (Å²) in [4.78, 5) is 2.81. The van der Waals surface area contributed by atoms with Crippen LogP contribution in [0.1, 0.15) is 19.3 Å². The average molecular weight is 265 g/mol. The third kappa shape index (κ3) is 2.14. The van der Waals surface area contributed by atoms with Gasteiger partial charge < -0.3 is 4.90 Å². The average Bonchev–Trinajstić information content (AvgIpc) is 2.88. The van der Waals surface area contributed by atoms with Crippen molar-refractivity contribution in [2.24, 2.45) is 11.8 Å². The fourth-order valence-electron chi connectivity index (χ4n) is 3.35. The molecule has 2 fully saturated rings. The largest absolute Gasteiger partial charge is 0.371 e. The Morgan fingerprint density at radius 1 is 1.06 bits per heavy atom. The zero-order valence-electron chi connectivity index (χ0n) is 10.7. The van der Waals surface area contributed by atoms with Crippen molar-refractivity contribution in [3.8, 4) is 0 Å². The molecule has 0 spiro atoms. The minimum atomic E-state index is -3.08. The molecule has 0 amide bonds. The van der Waals surface area contributed by atoms with Crippen LogP contribution >= 0.6 is 0 Å². The van der Waals surface area contributed by atoms with Crippen molar-refractivity contribution in [1.29, 1.82) is 0 Å². The molecule has 1 aliphatic carbocycles. The number of hydrogen-bond acceptors (Lipinski definition) is 3. The second-order valence-corrected chi connectivity index (χ2v) is 7.64. The maximum Gasteiger partial charge on any atom is 0.175 e. The summed E-state index contributed by atoms with van der Waals surface area (Å²) >= 11 is 0. The van der Waals surface area contributed by atoms with Gasteiger partial charge in [0.05, 0.1) is 4.90 Å². The number of nitrogens with zero attached hydrogens (tertiary/aromatic N) is 1. The van der Waals surface area contributed by atoms with Crippen LogP contribution in [-0.2, 0) is 9.84 Å². The normalized spacial score (nSPS) is 27.5. The van der Waals surface area contributed by atoms with Crippen molar-refractivity contribution in [2.75, 3.05) is 24.2 Å². The van der Waals surface area contributed by atoms with Crippen molar-refractivity contribution in [3.63, 3.8) is 0 Å². The van der Waals surface area contributed by atoms with E-state index in [1.54, 1.807) is 12.1 Å². The second kappa shape index (κ2) is 4.26. The molecule has 1 aromatic rings. The highest BCUT2D eigenvalue weighted by atomic mass is 32.2. The van der Waals surface area contributed by atoms with E-state index in [2.05, 4.69) is 4.90 Å². The van der Waals surface area contributed by atoms with Gasteiger partial charge in [-0.05, 0) is 48.9 Å². The predicted octanol–water partition coefficient (Wildman–Crippen LogP) is 2.33. The van der Waals surface area contributed by atoms with Gasteiger partial charge in [-0.3, -0.25) is 0 Å². The van der Waals surface area contributed by atoms with Gasteiger partial charge in [-0.2, -0.15) is 0 Å². The summed E-state index contributed by atoms with van der Waals surface area (Å²) in [5, 5.41) is 0. The number of anilines is 1. The van der Waals surface area contributed by atoms with Gasteiger partial charge in [0.2, 0.25) is 0 Å². The Morgan fingerprint density at radius 3 is 2.11 bits per heavy atom. The van der Waals surface area contributed by atoms with Crippen LogP contribution in [-0.4, -0.2) is 27.8 Å². The van der Waals surface area contributed by atoms with Crippen molar-refractivity contribution in [2.45, 2.75) is 24.2 Å². The molecule has 98 valence electrons. The molecule has 18 heavy (non-hydrogen) atoms. The Morgan fingerprint density at radius 2 is 1.61 bits per heavy atom. The molecule has 0 bridgehead atoms. The lowest BCUT2D eigenvalue weighted by Gasteiger charge is -2.19. The van der Waals surface area contributed by atoms with Crippen molar-refractivity contribution < 1.29 is 8.42 Å². The van der Waals surface area contributed by atoms with Gasteiger partial charge in [0, 0.05) is 25.0 Å². The first-order chi connectivity index (χ1) is 8.54. The molecule has 0 radical (unpaired) electrons. The second-order valence-electron chi connectivity index (χ2n) is 5.62. The molecule has 3 rings (SSSR count). The molecule has 2 atom stereocenters. The molecule has 3 nitrogen and oxygen atoms in total. The molecule has 2 aliphatic rings. The fourth-order valence-corrected chi connectivity index (χ4v) is 3.98. The lowest BCUT2D eigenvalue weighted by Crippen LogP contribution is -2.20. The molecule has 0 aromatic heterocycles. The number of hydrogen-bond donors (Lipinski definition) is 0. The maximum absolute atomic E-state index is 11.4. The van der Waals surface area contributed by atoms with E-state index < -0.39 is 9.84 Å². The molecule has 2 unspecified atom stereocenters. The van der Waals surface area contributed by atoms with Crippen LogP contribution in [0.15, 0.2) is 29.2 Å². The van der Waals surface area contributed by atoms with Gasteiger partial charge in [-0.25, -0.2) is 8.42 Å². The monoisotopic (exact) mass is 265 g/mol. The Labute approximate surface area is 109 Å². The maximum atomic E-state index is 11.4. The van der Waals surface area contributed by atoms with Gasteiger partial charge in [0.25, 0.3) is 0 Å². The van der Waals surface area contributed by atoms with Gasteiger partial charge in [-0.15, -0.1) is 0 Å². The summed E-state index contributed by atoms with van der Waals surface area (Å²) in [5.74, 6) is 1.72. The summed E-state index contributed by atoms with van der Waals surface area (Å²) < 4.78 is 22.8. The lowest BCUT2D eigenvalue weighted by molar-refractivity contribution is 0.494. The Bertz CT molecular complexity index is 523. The summed E-state index contributed by atoms with van der Waals surface area (Å²) in [6.07, 6.45) is 5.36. The van der Waals surface area contributed by atoms with E-state index in [4.69, 9.17) is 0 Å². The standard InChI is InChI=1S/C14H19NO2S/c1-18(16,17)14-7-5-13(6-8-14)15-9-11-3-2-4-12(11)10-15/h5-8,11-12H,2-4,9-10H2,1H3. The number of benzene rings is 1. The number of fused-ring (bicyclic) bond motifs is 1. The summed E-state index contributed by atoms with van der Waals surface area (Å²) in [6.45, 7) is 2.28. The summed E-state index contributed by atoms with van der Waals surface area (Å²) in [7, 11) is -3.08. The first-order valence-electron chi connectivity index (χ1n) is 6.59. The van der Waals surface area contributed by atoms with Crippen LogP contribution < -0.4 is 4.90 Å². The molecule has 0 N–H and O–H groups in total. The predicted molar refractivity (Wildman–Crippen MR) is 72.6 cm³/mol. The van der Waals surface area contributed by atoms with Gasteiger partial charge >= 0.3 is 0 Å². The molecule has 1 saturated carbocycles. The van der Waals surface area contributed by atoms with E-state index in [-0.39, 0.29) is 0 Å². The number of rotatable bonds is 2. The zero-order valence-corrected chi connectivity index (χ0v) is 11.5. The quantitative estimate of drug-likeness (QED) is 0.823. The molecular weight excluding hydrogens is 246 g/mol. The molecule has 1 aliphatic heterocycles. The van der Waals surface area contributed by atoms with E-state index in [9.17, 15) is 8.42 Å². The third-order valence-corrected chi connectivity index (χ3v) is 5.48. The van der Waals surface area contributed by atoms with Crippen molar-refractivity contribution in [3.05, 3.63) is 24.3 Å². The lowest BCUT2D eigenvalue weighted by atomic mass is 10.0. The fraction of sp³-hybridized carbons (Fsp3) is 0.571. The summed E-state index contributed by atoms with van der Waals surface area (Å²) in [5.41, 5.74) is 1.16. The molecule has 1 aromatic carbocycles. The molecular formula is C14H19NO2S. The highest BCUT2D eigenvalue weighted by Crippen LogP contribution is 2.39. The van der Waals surface area contributed by atoms with Crippen molar-refractivity contribution in [1.82, 2.24) is 0 Å². The van der Waals surface area contributed by atoms with Crippen LogP contribution in [0.3, 0.4) is 0 Å². The van der Waals surface area contributed by atoms with Crippen LogP contribution in [0, 0.1) is 11.8 Å².